The molecule has 0 saturated heterocycles. The normalized spacial score (nSPS) is 27.6. The zero-order valence-corrected chi connectivity index (χ0v) is 13.1. The third-order valence-electron chi connectivity index (χ3n) is 4.17. The van der Waals surface area contributed by atoms with E-state index in [9.17, 15) is 5.11 Å². The topological polar surface area (TPSA) is 32.3 Å². The maximum atomic E-state index is 10.7. The summed E-state index contributed by atoms with van der Waals surface area (Å²) in [5, 5.41) is 14.3. The SMILES string of the molecule is CCCNC1CCC(O)(Cc2ccc(CC)s2)CC1. The van der Waals surface area contributed by atoms with Gasteiger partial charge >= 0.3 is 0 Å². The zero-order chi connectivity index (χ0) is 13.7. The van der Waals surface area contributed by atoms with E-state index in [1.54, 1.807) is 0 Å². The second-order valence-electron chi connectivity index (χ2n) is 5.85. The van der Waals surface area contributed by atoms with Gasteiger partial charge in [-0.15, -0.1) is 11.3 Å². The van der Waals surface area contributed by atoms with Crippen molar-refractivity contribution in [2.24, 2.45) is 0 Å². The fourth-order valence-corrected chi connectivity index (χ4v) is 4.01. The molecule has 2 rings (SSSR count). The Balaban J connectivity index is 1.84. The highest BCUT2D eigenvalue weighted by atomic mass is 32.1. The summed E-state index contributed by atoms with van der Waals surface area (Å²) >= 11 is 1.86. The fraction of sp³-hybridized carbons (Fsp3) is 0.750. The largest absolute Gasteiger partial charge is 0.390 e. The molecule has 0 bridgehead atoms. The molecule has 0 atom stereocenters. The number of rotatable bonds is 6. The van der Waals surface area contributed by atoms with Gasteiger partial charge in [-0.3, -0.25) is 0 Å². The van der Waals surface area contributed by atoms with Crippen LogP contribution in [0.1, 0.15) is 55.7 Å². The van der Waals surface area contributed by atoms with E-state index in [-0.39, 0.29) is 0 Å². The van der Waals surface area contributed by atoms with Crippen molar-refractivity contribution in [2.45, 2.75) is 70.4 Å². The molecule has 2 nitrogen and oxygen atoms in total. The van der Waals surface area contributed by atoms with Gasteiger partial charge in [-0.2, -0.15) is 0 Å². The molecule has 1 heterocycles. The molecule has 1 aliphatic carbocycles. The Morgan fingerprint density at radius 1 is 1.26 bits per heavy atom. The standard InChI is InChI=1S/C16H27NOS/c1-3-11-17-13-7-9-16(18,10-8-13)12-15-6-5-14(4-2)19-15/h5-6,13,17-18H,3-4,7-12H2,1-2H3. The number of nitrogens with one attached hydrogen (secondary N) is 1. The fourth-order valence-electron chi connectivity index (χ4n) is 2.92. The average molecular weight is 281 g/mol. The van der Waals surface area contributed by atoms with Gasteiger partial charge in [0.05, 0.1) is 5.60 Å². The van der Waals surface area contributed by atoms with Crippen molar-refractivity contribution in [1.82, 2.24) is 5.32 Å². The van der Waals surface area contributed by atoms with Gasteiger partial charge in [0.2, 0.25) is 0 Å². The van der Waals surface area contributed by atoms with Crippen LogP contribution in [0.25, 0.3) is 0 Å². The molecular weight excluding hydrogens is 254 g/mol. The van der Waals surface area contributed by atoms with Crippen molar-refractivity contribution in [3.8, 4) is 0 Å². The summed E-state index contributed by atoms with van der Waals surface area (Å²) in [6.07, 6.45) is 7.24. The second-order valence-corrected chi connectivity index (χ2v) is 7.10. The third-order valence-corrected chi connectivity index (χ3v) is 5.40. The molecule has 3 heteroatoms. The molecule has 1 saturated carbocycles. The summed E-state index contributed by atoms with van der Waals surface area (Å²) in [5.41, 5.74) is -0.458. The van der Waals surface area contributed by atoms with Gasteiger partial charge in [0, 0.05) is 22.2 Å². The molecule has 1 aromatic heterocycles. The Kier molecular flexibility index (Phi) is 5.43. The molecule has 108 valence electrons. The van der Waals surface area contributed by atoms with Gasteiger partial charge in [0.1, 0.15) is 0 Å². The highest BCUT2D eigenvalue weighted by Crippen LogP contribution is 2.33. The second kappa shape index (κ2) is 6.87. The smallest absolute Gasteiger partial charge is 0.0697 e. The van der Waals surface area contributed by atoms with Crippen molar-refractivity contribution < 1.29 is 5.11 Å². The first-order valence-corrected chi connectivity index (χ1v) is 8.50. The third kappa shape index (κ3) is 4.30. The highest BCUT2D eigenvalue weighted by molar-refractivity contribution is 7.12. The maximum absolute atomic E-state index is 10.7. The molecule has 0 amide bonds. The number of aliphatic hydroxyl groups is 1. The molecule has 0 unspecified atom stereocenters. The number of hydrogen-bond donors (Lipinski definition) is 2. The number of hydrogen-bond acceptors (Lipinski definition) is 3. The molecular formula is C16H27NOS. The first-order chi connectivity index (χ1) is 9.15. The van der Waals surface area contributed by atoms with E-state index in [4.69, 9.17) is 0 Å². The number of thiophene rings is 1. The highest BCUT2D eigenvalue weighted by Gasteiger charge is 2.33. The minimum absolute atomic E-state index is 0.458. The molecule has 0 aromatic carbocycles. The van der Waals surface area contributed by atoms with Crippen molar-refractivity contribution in [2.75, 3.05) is 6.54 Å². The van der Waals surface area contributed by atoms with Gasteiger partial charge in [-0.1, -0.05) is 13.8 Å². The lowest BCUT2D eigenvalue weighted by molar-refractivity contribution is -0.00239. The Hall–Kier alpha value is -0.380. The average Bonchev–Trinajstić information content (AvgIpc) is 2.85. The molecule has 1 fully saturated rings. The Labute approximate surface area is 121 Å². The summed E-state index contributed by atoms with van der Waals surface area (Å²) in [7, 11) is 0. The van der Waals surface area contributed by atoms with Gasteiger partial charge in [0.25, 0.3) is 0 Å². The molecule has 0 spiro atoms. The van der Waals surface area contributed by atoms with Crippen LogP contribution in [-0.2, 0) is 12.8 Å². The summed E-state index contributed by atoms with van der Waals surface area (Å²) in [4.78, 5) is 2.77. The van der Waals surface area contributed by atoms with Gasteiger partial charge in [0.15, 0.2) is 0 Å². The monoisotopic (exact) mass is 281 g/mol. The summed E-state index contributed by atoms with van der Waals surface area (Å²) in [5.74, 6) is 0. The van der Waals surface area contributed by atoms with Crippen LogP contribution in [0.4, 0.5) is 0 Å². The lowest BCUT2D eigenvalue weighted by atomic mass is 9.80. The lowest BCUT2D eigenvalue weighted by Gasteiger charge is -2.36. The van der Waals surface area contributed by atoms with Crippen LogP contribution >= 0.6 is 11.3 Å². The zero-order valence-electron chi connectivity index (χ0n) is 12.2. The Morgan fingerprint density at radius 3 is 2.53 bits per heavy atom. The summed E-state index contributed by atoms with van der Waals surface area (Å²) in [6.45, 7) is 5.50. The van der Waals surface area contributed by atoms with Crippen LogP contribution in [-0.4, -0.2) is 23.3 Å². The van der Waals surface area contributed by atoms with E-state index in [1.165, 1.54) is 16.2 Å². The first-order valence-electron chi connectivity index (χ1n) is 7.68. The van der Waals surface area contributed by atoms with E-state index in [1.807, 2.05) is 11.3 Å². The van der Waals surface area contributed by atoms with Gasteiger partial charge in [-0.25, -0.2) is 0 Å². The van der Waals surface area contributed by atoms with Crippen LogP contribution in [0.3, 0.4) is 0 Å². The van der Waals surface area contributed by atoms with E-state index in [2.05, 4.69) is 31.3 Å². The minimum Gasteiger partial charge on any atom is -0.390 e. The molecule has 0 radical (unpaired) electrons. The van der Waals surface area contributed by atoms with Crippen molar-refractivity contribution in [3.05, 3.63) is 21.9 Å². The molecule has 0 aliphatic heterocycles. The van der Waals surface area contributed by atoms with Gasteiger partial charge in [-0.05, 0) is 57.2 Å². The van der Waals surface area contributed by atoms with Gasteiger partial charge < -0.3 is 10.4 Å². The number of aryl methyl sites for hydroxylation is 1. The van der Waals surface area contributed by atoms with Crippen LogP contribution in [0.15, 0.2) is 12.1 Å². The molecule has 1 aromatic rings. The van der Waals surface area contributed by atoms with Crippen LogP contribution in [0, 0.1) is 0 Å². The Bertz CT molecular complexity index is 380. The summed E-state index contributed by atoms with van der Waals surface area (Å²) < 4.78 is 0. The van der Waals surface area contributed by atoms with E-state index < -0.39 is 5.60 Å². The van der Waals surface area contributed by atoms with E-state index in [0.29, 0.717) is 6.04 Å². The van der Waals surface area contributed by atoms with E-state index in [0.717, 1.165) is 45.1 Å². The molecule has 1 aliphatic rings. The Morgan fingerprint density at radius 2 is 1.95 bits per heavy atom. The molecule has 19 heavy (non-hydrogen) atoms. The van der Waals surface area contributed by atoms with Crippen LogP contribution in [0.5, 0.6) is 0 Å². The van der Waals surface area contributed by atoms with Crippen LogP contribution < -0.4 is 5.32 Å². The van der Waals surface area contributed by atoms with Crippen LogP contribution in [0.2, 0.25) is 0 Å². The summed E-state index contributed by atoms with van der Waals surface area (Å²) in [6, 6.07) is 5.02. The van der Waals surface area contributed by atoms with Crippen molar-refractivity contribution in [1.29, 1.82) is 0 Å². The minimum atomic E-state index is -0.458. The predicted octanol–water partition coefficient (Wildman–Crippen LogP) is 3.53. The first kappa shape index (κ1) is 15.0. The van der Waals surface area contributed by atoms with Crippen molar-refractivity contribution in [3.63, 3.8) is 0 Å². The predicted molar refractivity (Wildman–Crippen MR) is 82.9 cm³/mol. The quantitative estimate of drug-likeness (QED) is 0.836. The molecule has 2 N–H and O–H groups in total. The maximum Gasteiger partial charge on any atom is 0.0697 e. The lowest BCUT2D eigenvalue weighted by Crippen LogP contribution is -2.42. The van der Waals surface area contributed by atoms with Crippen molar-refractivity contribution >= 4 is 11.3 Å². The van der Waals surface area contributed by atoms with E-state index >= 15 is 0 Å².